The van der Waals surface area contributed by atoms with E-state index >= 15 is 0 Å². The van der Waals surface area contributed by atoms with Crippen LogP contribution in [0.25, 0.3) is 11.1 Å². The topological polar surface area (TPSA) is 65.2 Å². The molecule has 2 heterocycles. The normalized spacial score (nSPS) is 13.0. The SMILES string of the molecule is Cc1cc(C(N)Cc2nc3ccccc3o2)c(C)o1. The van der Waals surface area contributed by atoms with Gasteiger partial charge in [-0.25, -0.2) is 4.98 Å². The molecule has 4 nitrogen and oxygen atoms in total. The fourth-order valence-corrected chi connectivity index (χ4v) is 2.32. The molecule has 0 aliphatic heterocycles. The first-order valence-electron chi connectivity index (χ1n) is 6.30. The van der Waals surface area contributed by atoms with Crippen molar-refractivity contribution in [1.29, 1.82) is 0 Å². The summed E-state index contributed by atoms with van der Waals surface area (Å²) in [6.45, 7) is 3.84. The molecule has 0 saturated heterocycles. The van der Waals surface area contributed by atoms with Gasteiger partial charge in [-0.1, -0.05) is 12.1 Å². The molecule has 2 aromatic heterocycles. The van der Waals surface area contributed by atoms with Gasteiger partial charge >= 0.3 is 0 Å². The van der Waals surface area contributed by atoms with E-state index in [0.29, 0.717) is 12.3 Å². The van der Waals surface area contributed by atoms with E-state index in [-0.39, 0.29) is 6.04 Å². The van der Waals surface area contributed by atoms with E-state index in [1.54, 1.807) is 0 Å². The van der Waals surface area contributed by atoms with Gasteiger partial charge in [0.15, 0.2) is 11.5 Å². The Kier molecular flexibility index (Phi) is 2.87. The van der Waals surface area contributed by atoms with E-state index in [9.17, 15) is 0 Å². The Balaban J connectivity index is 1.86. The Bertz CT molecular complexity index is 679. The molecule has 4 heteroatoms. The molecule has 0 spiro atoms. The lowest BCUT2D eigenvalue weighted by Gasteiger charge is -2.07. The summed E-state index contributed by atoms with van der Waals surface area (Å²) >= 11 is 0. The molecule has 3 rings (SSSR count). The van der Waals surface area contributed by atoms with Crippen LogP contribution in [-0.4, -0.2) is 4.98 Å². The molecule has 0 saturated carbocycles. The molecule has 0 bridgehead atoms. The molecule has 98 valence electrons. The van der Waals surface area contributed by atoms with E-state index in [4.69, 9.17) is 14.6 Å². The van der Waals surface area contributed by atoms with Gasteiger partial charge in [-0.05, 0) is 32.0 Å². The molecule has 0 radical (unpaired) electrons. The summed E-state index contributed by atoms with van der Waals surface area (Å²) in [7, 11) is 0. The van der Waals surface area contributed by atoms with Crippen LogP contribution in [0.5, 0.6) is 0 Å². The zero-order valence-corrected chi connectivity index (χ0v) is 11.0. The number of nitrogens with zero attached hydrogens (tertiary/aromatic N) is 1. The van der Waals surface area contributed by atoms with Crippen LogP contribution in [0.2, 0.25) is 0 Å². The smallest absolute Gasteiger partial charge is 0.197 e. The summed E-state index contributed by atoms with van der Waals surface area (Å²) in [6, 6.07) is 9.53. The second kappa shape index (κ2) is 4.55. The lowest BCUT2D eigenvalue weighted by atomic mass is 10.1. The van der Waals surface area contributed by atoms with E-state index in [1.807, 2.05) is 44.2 Å². The third kappa shape index (κ3) is 2.27. The van der Waals surface area contributed by atoms with Gasteiger partial charge in [0, 0.05) is 18.0 Å². The molecule has 19 heavy (non-hydrogen) atoms. The van der Waals surface area contributed by atoms with E-state index < -0.39 is 0 Å². The number of oxazole rings is 1. The Labute approximate surface area is 111 Å². The Hall–Kier alpha value is -2.07. The first-order chi connectivity index (χ1) is 9.13. The highest BCUT2D eigenvalue weighted by Crippen LogP contribution is 2.24. The number of benzene rings is 1. The molecule has 0 fully saturated rings. The van der Waals surface area contributed by atoms with E-state index in [0.717, 1.165) is 28.2 Å². The van der Waals surface area contributed by atoms with Crippen LogP contribution >= 0.6 is 0 Å². The number of para-hydroxylation sites is 2. The maximum atomic E-state index is 6.20. The number of rotatable bonds is 3. The van der Waals surface area contributed by atoms with Crippen LogP contribution < -0.4 is 5.73 Å². The van der Waals surface area contributed by atoms with Gasteiger partial charge in [0.25, 0.3) is 0 Å². The van der Waals surface area contributed by atoms with Gasteiger partial charge < -0.3 is 14.6 Å². The van der Waals surface area contributed by atoms with Gasteiger partial charge in [-0.3, -0.25) is 0 Å². The zero-order chi connectivity index (χ0) is 13.4. The molecule has 0 aliphatic carbocycles. The van der Waals surface area contributed by atoms with Crippen LogP contribution in [0, 0.1) is 13.8 Å². The van der Waals surface area contributed by atoms with Gasteiger partial charge in [-0.15, -0.1) is 0 Å². The summed E-state index contributed by atoms with van der Waals surface area (Å²) in [4.78, 5) is 4.44. The maximum absolute atomic E-state index is 6.20. The first-order valence-corrected chi connectivity index (χ1v) is 6.30. The average molecular weight is 256 g/mol. The van der Waals surface area contributed by atoms with E-state index in [2.05, 4.69) is 4.98 Å². The third-order valence-electron chi connectivity index (χ3n) is 3.21. The van der Waals surface area contributed by atoms with Crippen molar-refractivity contribution >= 4 is 11.1 Å². The summed E-state index contributed by atoms with van der Waals surface area (Å²) in [5, 5.41) is 0. The van der Waals surface area contributed by atoms with Gasteiger partial charge in [0.05, 0.1) is 0 Å². The summed E-state index contributed by atoms with van der Waals surface area (Å²) in [5.74, 6) is 2.40. The largest absolute Gasteiger partial charge is 0.466 e. The monoisotopic (exact) mass is 256 g/mol. The number of aromatic nitrogens is 1. The fourth-order valence-electron chi connectivity index (χ4n) is 2.32. The molecule has 2 N–H and O–H groups in total. The number of nitrogens with two attached hydrogens (primary N) is 1. The predicted octanol–water partition coefficient (Wildman–Crippen LogP) is 3.28. The summed E-state index contributed by atoms with van der Waals surface area (Å²) in [6.07, 6.45) is 0.564. The molecular formula is C15H16N2O2. The predicted molar refractivity (Wildman–Crippen MR) is 72.8 cm³/mol. The van der Waals surface area contributed by atoms with E-state index in [1.165, 1.54) is 0 Å². The molecule has 1 aromatic carbocycles. The molecule has 1 unspecified atom stereocenters. The summed E-state index contributed by atoms with van der Waals surface area (Å²) in [5.41, 5.74) is 8.88. The Morgan fingerprint density at radius 2 is 2.00 bits per heavy atom. The minimum absolute atomic E-state index is 0.162. The average Bonchev–Trinajstić information content (AvgIpc) is 2.91. The number of fused-ring (bicyclic) bond motifs is 1. The zero-order valence-electron chi connectivity index (χ0n) is 11.0. The second-order valence-electron chi connectivity index (χ2n) is 4.75. The second-order valence-corrected chi connectivity index (χ2v) is 4.75. The van der Waals surface area contributed by atoms with Crippen molar-refractivity contribution in [2.24, 2.45) is 5.73 Å². The molecule has 0 aliphatic rings. The number of furan rings is 1. The van der Waals surface area contributed by atoms with Crippen molar-refractivity contribution in [2.75, 3.05) is 0 Å². The molecule has 1 atom stereocenters. The van der Waals surface area contributed by atoms with Gasteiger partial charge in [0.1, 0.15) is 17.0 Å². The minimum atomic E-state index is -0.162. The first kappa shape index (κ1) is 12.0. The summed E-state index contributed by atoms with van der Waals surface area (Å²) < 4.78 is 11.2. The minimum Gasteiger partial charge on any atom is -0.466 e. The Morgan fingerprint density at radius 3 is 2.68 bits per heavy atom. The number of hydrogen-bond acceptors (Lipinski definition) is 4. The van der Waals surface area contributed by atoms with Crippen LogP contribution in [0.3, 0.4) is 0 Å². The van der Waals surface area contributed by atoms with Gasteiger partial charge in [-0.2, -0.15) is 0 Å². The Morgan fingerprint density at radius 1 is 1.21 bits per heavy atom. The third-order valence-corrected chi connectivity index (χ3v) is 3.21. The number of aryl methyl sites for hydroxylation is 2. The molecular weight excluding hydrogens is 240 g/mol. The van der Waals surface area contributed by atoms with Crippen molar-refractivity contribution < 1.29 is 8.83 Å². The van der Waals surface area contributed by atoms with Crippen molar-refractivity contribution in [3.05, 3.63) is 53.3 Å². The lowest BCUT2D eigenvalue weighted by molar-refractivity contribution is 0.483. The quantitative estimate of drug-likeness (QED) is 0.781. The van der Waals surface area contributed by atoms with Crippen molar-refractivity contribution in [1.82, 2.24) is 4.98 Å². The van der Waals surface area contributed by atoms with Crippen LogP contribution in [0.4, 0.5) is 0 Å². The fraction of sp³-hybridized carbons (Fsp3) is 0.267. The lowest BCUT2D eigenvalue weighted by Crippen LogP contribution is -2.13. The van der Waals surface area contributed by atoms with Crippen LogP contribution in [0.1, 0.15) is 29.0 Å². The highest BCUT2D eigenvalue weighted by molar-refractivity contribution is 5.72. The highest BCUT2D eigenvalue weighted by Gasteiger charge is 2.16. The van der Waals surface area contributed by atoms with Crippen molar-refractivity contribution in [3.8, 4) is 0 Å². The van der Waals surface area contributed by atoms with Crippen LogP contribution in [-0.2, 0) is 6.42 Å². The maximum Gasteiger partial charge on any atom is 0.197 e. The standard InChI is InChI=1S/C15H16N2O2/c1-9-7-11(10(2)18-9)12(16)8-15-17-13-5-3-4-6-14(13)19-15/h3-7,12H,8,16H2,1-2H3. The number of hydrogen-bond donors (Lipinski definition) is 1. The van der Waals surface area contributed by atoms with Gasteiger partial charge in [0.2, 0.25) is 0 Å². The molecule has 3 aromatic rings. The van der Waals surface area contributed by atoms with Crippen molar-refractivity contribution in [2.45, 2.75) is 26.3 Å². The highest BCUT2D eigenvalue weighted by atomic mass is 16.3. The molecule has 0 amide bonds. The van der Waals surface area contributed by atoms with Crippen molar-refractivity contribution in [3.63, 3.8) is 0 Å². The van der Waals surface area contributed by atoms with Crippen LogP contribution in [0.15, 0.2) is 39.2 Å².